The number of hydrogen-bond acceptors (Lipinski definition) is 3. The number of carbonyl (C=O) groups is 1. The number of rotatable bonds is 7. The number of nitrogens with two attached hydrogens (primary N) is 1. The molecule has 0 saturated heterocycles. The molecule has 1 rings (SSSR count). The van der Waals surface area contributed by atoms with E-state index in [9.17, 15) is 9.18 Å². The molecular weight excluding hydrogens is 245 g/mol. The van der Waals surface area contributed by atoms with Crippen molar-refractivity contribution in [3.8, 4) is 0 Å². The Labute approximate surface area is 113 Å². The zero-order chi connectivity index (χ0) is 14.3. The van der Waals surface area contributed by atoms with E-state index in [0.717, 1.165) is 26.1 Å². The predicted molar refractivity (Wildman–Crippen MR) is 75.6 cm³/mol. The molecule has 0 bridgehead atoms. The molecule has 0 aliphatic carbocycles. The minimum absolute atomic E-state index is 0.0938. The molecule has 19 heavy (non-hydrogen) atoms. The van der Waals surface area contributed by atoms with Crippen molar-refractivity contribution < 1.29 is 9.18 Å². The van der Waals surface area contributed by atoms with Crippen LogP contribution in [0.25, 0.3) is 0 Å². The van der Waals surface area contributed by atoms with Crippen LogP contribution in [0.5, 0.6) is 0 Å². The molecule has 1 amide bonds. The lowest BCUT2D eigenvalue weighted by Gasteiger charge is -2.17. The minimum atomic E-state index is -0.559. The van der Waals surface area contributed by atoms with E-state index >= 15 is 0 Å². The quantitative estimate of drug-likeness (QED) is 0.585. The fourth-order valence-corrected chi connectivity index (χ4v) is 1.87. The Bertz CT molecular complexity index is 419. The molecule has 1 aromatic rings. The van der Waals surface area contributed by atoms with Crippen LogP contribution in [0.4, 0.5) is 10.1 Å². The van der Waals surface area contributed by atoms with Crippen molar-refractivity contribution in [3.05, 3.63) is 29.6 Å². The predicted octanol–water partition coefficient (Wildman–Crippen LogP) is 1.87. The van der Waals surface area contributed by atoms with E-state index in [4.69, 9.17) is 5.73 Å². The molecule has 4 nitrogen and oxygen atoms in total. The van der Waals surface area contributed by atoms with Crippen LogP contribution in [0.1, 0.15) is 30.6 Å². The van der Waals surface area contributed by atoms with Gasteiger partial charge in [-0.3, -0.25) is 4.79 Å². The van der Waals surface area contributed by atoms with Crippen LogP contribution in [0.3, 0.4) is 0 Å². The molecule has 106 valence electrons. The van der Waals surface area contributed by atoms with Gasteiger partial charge in [0, 0.05) is 6.54 Å². The van der Waals surface area contributed by atoms with E-state index in [-0.39, 0.29) is 17.2 Å². The molecule has 3 N–H and O–H groups in total. The molecule has 0 aliphatic heterocycles. The molecule has 0 fully saturated rings. The van der Waals surface area contributed by atoms with Crippen molar-refractivity contribution in [1.29, 1.82) is 0 Å². The molecule has 0 saturated carbocycles. The Morgan fingerprint density at radius 1 is 1.37 bits per heavy atom. The van der Waals surface area contributed by atoms with Crippen molar-refractivity contribution in [1.82, 2.24) is 10.2 Å². The molecule has 0 aliphatic rings. The van der Waals surface area contributed by atoms with Gasteiger partial charge in [0.15, 0.2) is 0 Å². The topological polar surface area (TPSA) is 58.4 Å². The molecule has 1 aromatic carbocycles. The number of anilines is 1. The summed E-state index contributed by atoms with van der Waals surface area (Å²) in [5, 5.41) is 2.76. The van der Waals surface area contributed by atoms with E-state index in [1.54, 1.807) is 0 Å². The highest BCUT2D eigenvalue weighted by Gasteiger charge is 2.11. The maximum Gasteiger partial charge on any atom is 0.253 e. The Morgan fingerprint density at radius 3 is 2.68 bits per heavy atom. The molecule has 5 heteroatoms. The van der Waals surface area contributed by atoms with Crippen molar-refractivity contribution in [2.24, 2.45) is 0 Å². The first-order valence-corrected chi connectivity index (χ1v) is 6.64. The lowest BCUT2D eigenvalue weighted by Crippen LogP contribution is -2.30. The average molecular weight is 267 g/mol. The lowest BCUT2D eigenvalue weighted by molar-refractivity contribution is 0.0952. The first-order chi connectivity index (χ1) is 9.10. The number of amides is 1. The summed E-state index contributed by atoms with van der Waals surface area (Å²) in [6.45, 7) is 7.71. The van der Waals surface area contributed by atoms with Gasteiger partial charge in [-0.2, -0.15) is 0 Å². The standard InChI is InChI=1S/C14H22FN3O/c1-3-18(4-2)10-6-9-17-14(19)11-7-5-8-12(15)13(11)16/h5,7-8H,3-4,6,9-10,16H2,1-2H3,(H,17,19). The van der Waals surface area contributed by atoms with E-state index < -0.39 is 5.82 Å². The second-order valence-electron chi connectivity index (χ2n) is 4.34. The molecule has 0 atom stereocenters. The average Bonchev–Trinajstić information content (AvgIpc) is 2.42. The molecule has 0 heterocycles. The molecule has 0 unspecified atom stereocenters. The Morgan fingerprint density at radius 2 is 2.05 bits per heavy atom. The van der Waals surface area contributed by atoms with E-state index in [1.165, 1.54) is 18.2 Å². The van der Waals surface area contributed by atoms with Gasteiger partial charge < -0.3 is 16.0 Å². The van der Waals surface area contributed by atoms with Crippen LogP contribution in [0.2, 0.25) is 0 Å². The van der Waals surface area contributed by atoms with Gasteiger partial charge in [-0.05, 0) is 38.2 Å². The maximum absolute atomic E-state index is 13.2. The van der Waals surface area contributed by atoms with Crippen LogP contribution in [-0.2, 0) is 0 Å². The third-order valence-corrected chi connectivity index (χ3v) is 3.13. The van der Waals surface area contributed by atoms with Gasteiger partial charge in [0.1, 0.15) is 5.82 Å². The Kier molecular flexibility index (Phi) is 6.29. The highest BCUT2D eigenvalue weighted by Crippen LogP contribution is 2.15. The summed E-state index contributed by atoms with van der Waals surface area (Å²) in [5.41, 5.74) is 5.64. The van der Waals surface area contributed by atoms with Crippen molar-refractivity contribution in [2.75, 3.05) is 31.9 Å². The number of nitrogens with zero attached hydrogens (tertiary/aromatic N) is 1. The van der Waals surface area contributed by atoms with E-state index in [0.29, 0.717) is 6.54 Å². The number of para-hydroxylation sites is 1. The SMILES string of the molecule is CCN(CC)CCCNC(=O)c1cccc(F)c1N. The summed E-state index contributed by atoms with van der Waals surface area (Å²) < 4.78 is 13.2. The van der Waals surface area contributed by atoms with Crippen LogP contribution in [0.15, 0.2) is 18.2 Å². The molecular formula is C14H22FN3O. The van der Waals surface area contributed by atoms with Gasteiger partial charge >= 0.3 is 0 Å². The Hall–Kier alpha value is -1.62. The normalized spacial score (nSPS) is 10.7. The fraction of sp³-hybridized carbons (Fsp3) is 0.500. The van der Waals surface area contributed by atoms with Crippen LogP contribution in [-0.4, -0.2) is 37.0 Å². The number of hydrogen-bond donors (Lipinski definition) is 2. The zero-order valence-corrected chi connectivity index (χ0v) is 11.6. The van der Waals surface area contributed by atoms with Gasteiger partial charge in [0.05, 0.1) is 11.3 Å². The summed E-state index contributed by atoms with van der Waals surface area (Å²) in [7, 11) is 0. The van der Waals surface area contributed by atoms with E-state index in [1.807, 2.05) is 0 Å². The fourth-order valence-electron chi connectivity index (χ4n) is 1.87. The van der Waals surface area contributed by atoms with Gasteiger partial charge in [0.25, 0.3) is 5.91 Å². The maximum atomic E-state index is 13.2. The van der Waals surface area contributed by atoms with Gasteiger partial charge in [-0.15, -0.1) is 0 Å². The van der Waals surface area contributed by atoms with Gasteiger partial charge in [-0.25, -0.2) is 4.39 Å². The number of nitrogens with one attached hydrogen (secondary N) is 1. The third kappa shape index (κ3) is 4.52. The summed E-state index contributed by atoms with van der Waals surface area (Å²) in [4.78, 5) is 14.1. The summed E-state index contributed by atoms with van der Waals surface area (Å²) in [5.74, 6) is -0.882. The minimum Gasteiger partial charge on any atom is -0.396 e. The van der Waals surface area contributed by atoms with Gasteiger partial charge in [0.2, 0.25) is 0 Å². The zero-order valence-electron chi connectivity index (χ0n) is 11.6. The van der Waals surface area contributed by atoms with Crippen LogP contribution in [0, 0.1) is 5.82 Å². The second-order valence-corrected chi connectivity index (χ2v) is 4.34. The molecule has 0 radical (unpaired) electrons. The first kappa shape index (κ1) is 15.4. The monoisotopic (exact) mass is 267 g/mol. The summed E-state index contributed by atoms with van der Waals surface area (Å²) in [6.07, 6.45) is 0.864. The van der Waals surface area contributed by atoms with Gasteiger partial charge in [-0.1, -0.05) is 19.9 Å². The summed E-state index contributed by atoms with van der Waals surface area (Å²) in [6, 6.07) is 4.25. The second kappa shape index (κ2) is 7.74. The number of carbonyl (C=O) groups excluding carboxylic acids is 1. The van der Waals surface area contributed by atoms with Crippen molar-refractivity contribution >= 4 is 11.6 Å². The number of nitrogen functional groups attached to an aromatic ring is 1. The van der Waals surface area contributed by atoms with Crippen molar-refractivity contribution in [2.45, 2.75) is 20.3 Å². The highest BCUT2D eigenvalue weighted by molar-refractivity contribution is 5.99. The number of halogens is 1. The first-order valence-electron chi connectivity index (χ1n) is 6.64. The van der Waals surface area contributed by atoms with E-state index in [2.05, 4.69) is 24.1 Å². The molecule has 0 aromatic heterocycles. The lowest BCUT2D eigenvalue weighted by atomic mass is 10.1. The van der Waals surface area contributed by atoms with Crippen LogP contribution < -0.4 is 11.1 Å². The summed E-state index contributed by atoms with van der Waals surface area (Å²) >= 11 is 0. The number of benzene rings is 1. The largest absolute Gasteiger partial charge is 0.396 e. The Balaban J connectivity index is 2.41. The molecule has 0 spiro atoms. The van der Waals surface area contributed by atoms with Crippen molar-refractivity contribution in [3.63, 3.8) is 0 Å². The highest BCUT2D eigenvalue weighted by atomic mass is 19.1. The third-order valence-electron chi connectivity index (χ3n) is 3.13. The van der Waals surface area contributed by atoms with Crippen LogP contribution >= 0.6 is 0 Å². The smallest absolute Gasteiger partial charge is 0.253 e.